The van der Waals surface area contributed by atoms with Gasteiger partial charge in [-0.1, -0.05) is 30.3 Å². The third-order valence-electron chi connectivity index (χ3n) is 2.09. The first-order chi connectivity index (χ1) is 7.18. The van der Waals surface area contributed by atoms with Crippen LogP contribution in [-0.2, 0) is 0 Å². The molecule has 0 atom stereocenters. The Kier molecular flexibility index (Phi) is 2.82. The normalized spacial score (nSPS) is 10.3. The molecule has 15 heavy (non-hydrogen) atoms. The smallest absolute Gasteiger partial charge is 0.140 e. The van der Waals surface area contributed by atoms with Gasteiger partial charge < -0.3 is 0 Å². The third-order valence-corrected chi connectivity index (χ3v) is 2.70. The summed E-state index contributed by atoms with van der Waals surface area (Å²) >= 11 is 3.04. The maximum Gasteiger partial charge on any atom is 0.140 e. The van der Waals surface area contributed by atoms with Crippen LogP contribution in [0.2, 0.25) is 0 Å². The van der Waals surface area contributed by atoms with Crippen LogP contribution in [0.4, 0.5) is 8.78 Å². The van der Waals surface area contributed by atoms with Gasteiger partial charge in [0, 0.05) is 11.6 Å². The van der Waals surface area contributed by atoms with Gasteiger partial charge in [0.25, 0.3) is 0 Å². The minimum Gasteiger partial charge on any atom is -0.206 e. The van der Waals surface area contributed by atoms with Gasteiger partial charge in [-0.2, -0.15) is 0 Å². The zero-order chi connectivity index (χ0) is 10.8. The van der Waals surface area contributed by atoms with Crippen LogP contribution < -0.4 is 0 Å². The van der Waals surface area contributed by atoms with Gasteiger partial charge in [0.05, 0.1) is 4.47 Å². The quantitative estimate of drug-likeness (QED) is 0.673. The monoisotopic (exact) mass is 268 g/mol. The van der Waals surface area contributed by atoms with E-state index < -0.39 is 11.6 Å². The summed E-state index contributed by atoms with van der Waals surface area (Å²) in [6, 6.07) is 11.4. The van der Waals surface area contributed by atoms with Crippen LogP contribution in [-0.4, -0.2) is 0 Å². The van der Waals surface area contributed by atoms with Gasteiger partial charge in [-0.15, -0.1) is 0 Å². The van der Waals surface area contributed by atoms with E-state index in [9.17, 15) is 8.78 Å². The van der Waals surface area contributed by atoms with Gasteiger partial charge in [0.1, 0.15) is 11.6 Å². The van der Waals surface area contributed by atoms with Gasteiger partial charge in [-0.25, -0.2) is 8.78 Å². The van der Waals surface area contributed by atoms with Gasteiger partial charge in [-0.3, -0.25) is 0 Å². The Morgan fingerprint density at radius 3 is 2.20 bits per heavy atom. The van der Waals surface area contributed by atoms with Crippen LogP contribution in [0.25, 0.3) is 11.1 Å². The molecular formula is C12H7BrF2. The summed E-state index contributed by atoms with van der Waals surface area (Å²) in [6.45, 7) is 0. The van der Waals surface area contributed by atoms with E-state index in [4.69, 9.17) is 0 Å². The fourth-order valence-corrected chi connectivity index (χ4v) is 1.70. The van der Waals surface area contributed by atoms with E-state index >= 15 is 0 Å². The zero-order valence-corrected chi connectivity index (χ0v) is 9.26. The van der Waals surface area contributed by atoms with E-state index in [1.165, 1.54) is 6.07 Å². The van der Waals surface area contributed by atoms with Crippen molar-refractivity contribution in [3.63, 3.8) is 0 Å². The van der Waals surface area contributed by atoms with Crippen LogP contribution in [0.3, 0.4) is 0 Å². The fourth-order valence-electron chi connectivity index (χ4n) is 1.36. The van der Waals surface area contributed by atoms with Crippen molar-refractivity contribution in [2.24, 2.45) is 0 Å². The van der Waals surface area contributed by atoms with Crippen molar-refractivity contribution in [3.8, 4) is 11.1 Å². The summed E-state index contributed by atoms with van der Waals surface area (Å²) < 4.78 is 26.7. The summed E-state index contributed by atoms with van der Waals surface area (Å²) in [7, 11) is 0. The van der Waals surface area contributed by atoms with E-state index in [1.54, 1.807) is 12.1 Å². The summed E-state index contributed by atoms with van der Waals surface area (Å²) in [5.74, 6) is -1.14. The lowest BCUT2D eigenvalue weighted by Crippen LogP contribution is -1.87. The summed E-state index contributed by atoms with van der Waals surface area (Å²) in [4.78, 5) is 0. The predicted molar refractivity (Wildman–Crippen MR) is 59.5 cm³/mol. The molecular weight excluding hydrogens is 262 g/mol. The second kappa shape index (κ2) is 4.11. The van der Waals surface area contributed by atoms with Gasteiger partial charge >= 0.3 is 0 Å². The lowest BCUT2D eigenvalue weighted by Gasteiger charge is -2.04. The summed E-state index contributed by atoms with van der Waals surface area (Å²) in [6.07, 6.45) is 0. The first-order valence-electron chi connectivity index (χ1n) is 4.38. The second-order valence-corrected chi connectivity index (χ2v) is 3.97. The molecule has 0 bridgehead atoms. The molecule has 0 spiro atoms. The van der Waals surface area contributed by atoms with Crippen LogP contribution in [0.1, 0.15) is 0 Å². The van der Waals surface area contributed by atoms with E-state index in [1.807, 2.05) is 18.2 Å². The largest absolute Gasteiger partial charge is 0.206 e. The third kappa shape index (κ3) is 2.07. The molecule has 0 aliphatic rings. The minimum absolute atomic E-state index is 0.266. The molecule has 0 aliphatic carbocycles. The van der Waals surface area contributed by atoms with Crippen molar-refractivity contribution >= 4 is 15.9 Å². The molecule has 0 nitrogen and oxygen atoms in total. The van der Waals surface area contributed by atoms with Crippen molar-refractivity contribution in [2.45, 2.75) is 0 Å². The molecule has 0 heterocycles. The minimum atomic E-state index is -0.591. The molecule has 0 amide bonds. The highest BCUT2D eigenvalue weighted by Crippen LogP contribution is 2.27. The molecule has 3 heteroatoms. The highest BCUT2D eigenvalue weighted by Gasteiger charge is 2.09. The average molecular weight is 269 g/mol. The second-order valence-electron chi connectivity index (χ2n) is 3.11. The van der Waals surface area contributed by atoms with Crippen molar-refractivity contribution in [1.29, 1.82) is 0 Å². The number of hydrogen-bond acceptors (Lipinski definition) is 0. The fraction of sp³-hybridized carbons (Fsp3) is 0. The van der Waals surface area contributed by atoms with E-state index in [-0.39, 0.29) is 4.47 Å². The lowest BCUT2D eigenvalue weighted by atomic mass is 10.1. The molecule has 2 rings (SSSR count). The number of halogens is 3. The van der Waals surface area contributed by atoms with Crippen LogP contribution >= 0.6 is 15.9 Å². The molecule has 0 saturated carbocycles. The molecule has 2 aromatic rings. The molecule has 0 fully saturated rings. The molecule has 0 aromatic heterocycles. The Morgan fingerprint density at radius 1 is 0.867 bits per heavy atom. The molecule has 0 unspecified atom stereocenters. The van der Waals surface area contributed by atoms with Crippen molar-refractivity contribution in [2.75, 3.05) is 0 Å². The molecule has 0 aliphatic heterocycles. The van der Waals surface area contributed by atoms with E-state index in [0.29, 0.717) is 5.56 Å². The van der Waals surface area contributed by atoms with Crippen LogP contribution in [0, 0.1) is 11.6 Å². The Morgan fingerprint density at radius 2 is 1.53 bits per heavy atom. The SMILES string of the molecule is Fc1cc(F)c(-c2ccccc2)cc1Br. The number of benzene rings is 2. The number of hydrogen-bond donors (Lipinski definition) is 0. The van der Waals surface area contributed by atoms with Gasteiger partial charge in [-0.05, 0) is 27.6 Å². The van der Waals surface area contributed by atoms with Crippen LogP contribution in [0.15, 0.2) is 46.9 Å². The average Bonchev–Trinajstić information content (AvgIpc) is 2.25. The summed E-state index contributed by atoms with van der Waals surface area (Å²) in [5.41, 5.74) is 1.12. The van der Waals surface area contributed by atoms with Gasteiger partial charge in [0.15, 0.2) is 0 Å². The van der Waals surface area contributed by atoms with Crippen LogP contribution in [0.5, 0.6) is 0 Å². The highest BCUT2D eigenvalue weighted by atomic mass is 79.9. The molecule has 76 valence electrons. The lowest BCUT2D eigenvalue weighted by molar-refractivity contribution is 0.581. The highest BCUT2D eigenvalue weighted by molar-refractivity contribution is 9.10. The van der Waals surface area contributed by atoms with Gasteiger partial charge in [0.2, 0.25) is 0 Å². The predicted octanol–water partition coefficient (Wildman–Crippen LogP) is 4.39. The van der Waals surface area contributed by atoms with E-state index in [2.05, 4.69) is 15.9 Å². The molecule has 2 aromatic carbocycles. The first kappa shape index (κ1) is 10.3. The summed E-state index contributed by atoms with van der Waals surface area (Å²) in [5, 5.41) is 0. The Balaban J connectivity index is 2.59. The first-order valence-corrected chi connectivity index (χ1v) is 5.18. The van der Waals surface area contributed by atoms with Crippen molar-refractivity contribution in [1.82, 2.24) is 0 Å². The standard InChI is InChI=1S/C12H7BrF2/c13-10-6-9(11(14)7-12(10)15)8-4-2-1-3-5-8/h1-7H. The maximum atomic E-state index is 13.5. The Labute approximate surface area is 94.7 Å². The van der Waals surface area contributed by atoms with Crippen molar-refractivity contribution in [3.05, 3.63) is 58.6 Å². The Bertz CT molecular complexity index is 480. The zero-order valence-electron chi connectivity index (χ0n) is 7.68. The maximum absolute atomic E-state index is 13.5. The Hall–Kier alpha value is -1.22. The molecule has 0 saturated heterocycles. The number of rotatable bonds is 1. The van der Waals surface area contributed by atoms with E-state index in [0.717, 1.165) is 11.6 Å². The molecule has 0 N–H and O–H groups in total. The van der Waals surface area contributed by atoms with Crippen molar-refractivity contribution < 1.29 is 8.78 Å². The topological polar surface area (TPSA) is 0 Å². The molecule has 0 radical (unpaired) electrons.